The highest BCUT2D eigenvalue weighted by Crippen LogP contribution is 2.32. The summed E-state index contributed by atoms with van der Waals surface area (Å²) in [6.07, 6.45) is 5.51. The molecule has 2 fully saturated rings. The number of carbonyl (C=O) groups is 2. The van der Waals surface area contributed by atoms with Crippen LogP contribution in [0.5, 0.6) is 0 Å². The second kappa shape index (κ2) is 8.56. The third-order valence-corrected chi connectivity index (χ3v) is 5.51. The van der Waals surface area contributed by atoms with Crippen molar-refractivity contribution in [1.29, 1.82) is 0 Å². The molecule has 0 unspecified atom stereocenters. The number of esters is 1. The van der Waals surface area contributed by atoms with Gasteiger partial charge in [0.25, 0.3) is 0 Å². The highest BCUT2D eigenvalue weighted by molar-refractivity contribution is 5.75. The summed E-state index contributed by atoms with van der Waals surface area (Å²) in [5.41, 5.74) is 0.838. The average Bonchev–Trinajstić information content (AvgIpc) is 3.29. The van der Waals surface area contributed by atoms with E-state index in [0.717, 1.165) is 56.5 Å². The van der Waals surface area contributed by atoms with Crippen molar-refractivity contribution in [2.75, 3.05) is 19.7 Å². The molecule has 7 nitrogen and oxygen atoms in total. The van der Waals surface area contributed by atoms with Crippen LogP contribution in [0.25, 0.3) is 0 Å². The molecular weight excluding hydrogens is 334 g/mol. The molecule has 3 rings (SSSR count). The molecule has 1 N–H and O–H groups in total. The Kier molecular flexibility index (Phi) is 6.16. The predicted molar refractivity (Wildman–Crippen MR) is 95.4 cm³/mol. The molecule has 0 radical (unpaired) electrons. The highest BCUT2D eigenvalue weighted by Gasteiger charge is 2.33. The minimum absolute atomic E-state index is 0.00648. The number of carbonyl (C=O) groups excluding carboxylic acids is 2. The van der Waals surface area contributed by atoms with Crippen molar-refractivity contribution in [3.8, 4) is 0 Å². The first kappa shape index (κ1) is 18.7. The van der Waals surface area contributed by atoms with E-state index in [1.54, 1.807) is 0 Å². The molecule has 1 aromatic heterocycles. The molecule has 26 heavy (non-hydrogen) atoms. The number of rotatable bonds is 5. The first-order valence-electron chi connectivity index (χ1n) is 9.72. The number of aromatic nitrogens is 1. The summed E-state index contributed by atoms with van der Waals surface area (Å²) >= 11 is 0. The second-order valence-corrected chi connectivity index (χ2v) is 7.37. The van der Waals surface area contributed by atoms with E-state index in [1.807, 2.05) is 24.8 Å². The Bertz CT molecular complexity index is 622. The van der Waals surface area contributed by atoms with Crippen molar-refractivity contribution in [3.05, 3.63) is 17.5 Å². The van der Waals surface area contributed by atoms with Gasteiger partial charge in [-0.05, 0) is 58.3 Å². The van der Waals surface area contributed by atoms with Gasteiger partial charge in [0.1, 0.15) is 11.5 Å². The summed E-state index contributed by atoms with van der Waals surface area (Å²) < 4.78 is 10.3. The van der Waals surface area contributed by atoms with Gasteiger partial charge < -0.3 is 19.5 Å². The molecule has 1 aliphatic heterocycles. The molecule has 2 amide bonds. The van der Waals surface area contributed by atoms with E-state index in [4.69, 9.17) is 9.26 Å². The van der Waals surface area contributed by atoms with Gasteiger partial charge in [-0.1, -0.05) is 5.16 Å². The molecule has 2 heterocycles. The lowest BCUT2D eigenvalue weighted by Crippen LogP contribution is -2.42. The van der Waals surface area contributed by atoms with Crippen molar-refractivity contribution in [3.63, 3.8) is 0 Å². The normalized spacial score (nSPS) is 25.9. The molecule has 1 atom stereocenters. The summed E-state index contributed by atoms with van der Waals surface area (Å²) in [7, 11) is 0. The number of amides is 2. The maximum absolute atomic E-state index is 12.6. The number of nitrogens with zero attached hydrogens (tertiary/aromatic N) is 2. The van der Waals surface area contributed by atoms with E-state index >= 15 is 0 Å². The standard InChI is InChI=1S/C19H29N3O4/c1-3-25-18(23)15-8-6-14(7-9-15)12-20-19(24)22-10-4-5-17(22)16-11-13(2)26-21-16/h11,14-15,17H,3-10,12H2,1-2H3,(H,20,24)/t14?,15?,17-/m1/s1. The maximum atomic E-state index is 12.6. The number of hydrogen-bond donors (Lipinski definition) is 1. The van der Waals surface area contributed by atoms with Crippen LogP contribution < -0.4 is 5.32 Å². The molecule has 2 aliphatic rings. The average molecular weight is 363 g/mol. The Morgan fingerprint density at radius 3 is 2.73 bits per heavy atom. The fourth-order valence-corrected chi connectivity index (χ4v) is 4.06. The second-order valence-electron chi connectivity index (χ2n) is 7.37. The summed E-state index contributed by atoms with van der Waals surface area (Å²) in [6, 6.07) is 1.89. The molecule has 0 bridgehead atoms. The van der Waals surface area contributed by atoms with Crippen molar-refractivity contribution in [2.45, 2.75) is 58.4 Å². The van der Waals surface area contributed by atoms with Gasteiger partial charge >= 0.3 is 12.0 Å². The Labute approximate surface area is 154 Å². The number of likely N-dealkylation sites (tertiary alicyclic amines) is 1. The Morgan fingerprint density at radius 1 is 1.31 bits per heavy atom. The summed E-state index contributed by atoms with van der Waals surface area (Å²) in [5.74, 6) is 1.16. The zero-order valence-corrected chi connectivity index (χ0v) is 15.7. The zero-order chi connectivity index (χ0) is 18.5. The van der Waals surface area contributed by atoms with Crippen LogP contribution in [0, 0.1) is 18.8 Å². The van der Waals surface area contributed by atoms with Gasteiger partial charge in [-0.3, -0.25) is 4.79 Å². The van der Waals surface area contributed by atoms with Gasteiger partial charge in [0.05, 0.1) is 18.6 Å². The van der Waals surface area contributed by atoms with Crippen LogP contribution >= 0.6 is 0 Å². The fraction of sp³-hybridized carbons (Fsp3) is 0.737. The monoisotopic (exact) mass is 363 g/mol. The van der Waals surface area contributed by atoms with E-state index in [0.29, 0.717) is 19.1 Å². The van der Waals surface area contributed by atoms with Crippen LogP contribution in [-0.4, -0.2) is 41.8 Å². The first-order chi connectivity index (χ1) is 12.6. The van der Waals surface area contributed by atoms with Crippen molar-refractivity contribution in [1.82, 2.24) is 15.4 Å². The number of urea groups is 1. The van der Waals surface area contributed by atoms with Gasteiger partial charge in [0.2, 0.25) is 0 Å². The van der Waals surface area contributed by atoms with Crippen LogP contribution in [0.1, 0.15) is 62.9 Å². The molecule has 144 valence electrons. The summed E-state index contributed by atoms with van der Waals surface area (Å²) in [4.78, 5) is 26.3. The molecule has 1 aliphatic carbocycles. The molecule has 7 heteroatoms. The lowest BCUT2D eigenvalue weighted by molar-refractivity contribution is -0.149. The smallest absolute Gasteiger partial charge is 0.317 e. The molecule has 0 aromatic carbocycles. The van der Waals surface area contributed by atoms with Crippen LogP contribution in [0.3, 0.4) is 0 Å². The Morgan fingerprint density at radius 2 is 2.08 bits per heavy atom. The minimum Gasteiger partial charge on any atom is -0.466 e. The zero-order valence-electron chi connectivity index (χ0n) is 15.7. The lowest BCUT2D eigenvalue weighted by atomic mass is 9.82. The van der Waals surface area contributed by atoms with Gasteiger partial charge in [-0.15, -0.1) is 0 Å². The third kappa shape index (κ3) is 4.37. The van der Waals surface area contributed by atoms with E-state index in [9.17, 15) is 9.59 Å². The van der Waals surface area contributed by atoms with E-state index in [2.05, 4.69) is 10.5 Å². The molecular formula is C19H29N3O4. The van der Waals surface area contributed by atoms with Crippen molar-refractivity contribution in [2.24, 2.45) is 11.8 Å². The van der Waals surface area contributed by atoms with Gasteiger partial charge in [-0.25, -0.2) is 4.79 Å². The molecule has 1 saturated heterocycles. The highest BCUT2D eigenvalue weighted by atomic mass is 16.5. The SMILES string of the molecule is CCOC(=O)C1CCC(CNC(=O)N2CCC[C@@H]2c2cc(C)on2)CC1. The van der Waals surface area contributed by atoms with E-state index < -0.39 is 0 Å². The largest absolute Gasteiger partial charge is 0.466 e. The molecule has 0 spiro atoms. The van der Waals surface area contributed by atoms with Crippen LogP contribution in [-0.2, 0) is 9.53 Å². The predicted octanol–water partition coefficient (Wildman–Crippen LogP) is 3.20. The van der Waals surface area contributed by atoms with Crippen molar-refractivity contribution < 1.29 is 18.8 Å². The Balaban J connectivity index is 1.45. The number of nitrogens with one attached hydrogen (secondary N) is 1. The van der Waals surface area contributed by atoms with Gasteiger partial charge in [0.15, 0.2) is 0 Å². The first-order valence-corrected chi connectivity index (χ1v) is 9.72. The topological polar surface area (TPSA) is 84.7 Å². The van der Waals surface area contributed by atoms with Gasteiger partial charge in [-0.2, -0.15) is 0 Å². The number of aryl methyl sites for hydroxylation is 1. The van der Waals surface area contributed by atoms with Crippen LogP contribution in [0.4, 0.5) is 4.79 Å². The van der Waals surface area contributed by atoms with E-state index in [-0.39, 0.29) is 24.0 Å². The van der Waals surface area contributed by atoms with Crippen molar-refractivity contribution >= 4 is 12.0 Å². The summed E-state index contributed by atoms with van der Waals surface area (Å²) in [6.45, 7) is 5.55. The van der Waals surface area contributed by atoms with E-state index in [1.165, 1.54) is 0 Å². The number of ether oxygens (including phenoxy) is 1. The number of hydrogen-bond acceptors (Lipinski definition) is 5. The summed E-state index contributed by atoms with van der Waals surface area (Å²) in [5, 5.41) is 7.16. The maximum Gasteiger partial charge on any atom is 0.317 e. The van der Waals surface area contributed by atoms with Gasteiger partial charge in [0, 0.05) is 19.2 Å². The lowest BCUT2D eigenvalue weighted by Gasteiger charge is -2.29. The fourth-order valence-electron chi connectivity index (χ4n) is 4.06. The van der Waals surface area contributed by atoms with Crippen LogP contribution in [0.2, 0.25) is 0 Å². The quantitative estimate of drug-likeness (QED) is 0.812. The van der Waals surface area contributed by atoms with Crippen LogP contribution in [0.15, 0.2) is 10.6 Å². The molecule has 1 aromatic rings. The Hall–Kier alpha value is -2.05. The molecule has 1 saturated carbocycles. The third-order valence-electron chi connectivity index (χ3n) is 5.51. The minimum atomic E-state index is -0.0715.